The lowest BCUT2D eigenvalue weighted by molar-refractivity contribution is -0.385. The molecule has 2 aromatic carbocycles. The van der Waals surface area contributed by atoms with Crippen molar-refractivity contribution in [1.82, 2.24) is 5.43 Å². The van der Waals surface area contributed by atoms with Gasteiger partial charge in [0.15, 0.2) is 6.61 Å². The Labute approximate surface area is 151 Å². The fraction of sp³-hybridized carbons (Fsp3) is 0.0667. The molecule has 0 spiro atoms. The molecule has 2 N–H and O–H groups in total. The molecule has 0 aliphatic heterocycles. The van der Waals surface area contributed by atoms with Crippen molar-refractivity contribution in [2.75, 3.05) is 6.61 Å². The summed E-state index contributed by atoms with van der Waals surface area (Å²) >= 11 is 11.5. The van der Waals surface area contributed by atoms with E-state index in [1.165, 1.54) is 6.07 Å². The van der Waals surface area contributed by atoms with E-state index in [1.54, 1.807) is 24.3 Å². The van der Waals surface area contributed by atoms with Crippen molar-refractivity contribution in [3.63, 3.8) is 0 Å². The highest BCUT2D eigenvalue weighted by molar-refractivity contribution is 6.31. The molecule has 0 atom stereocenters. The van der Waals surface area contributed by atoms with E-state index >= 15 is 0 Å². The predicted molar refractivity (Wildman–Crippen MR) is 92.5 cm³/mol. The van der Waals surface area contributed by atoms with E-state index in [4.69, 9.17) is 27.9 Å². The number of halogens is 2. The highest BCUT2D eigenvalue weighted by Crippen LogP contribution is 2.32. The topological polar surface area (TPSA) is 114 Å². The van der Waals surface area contributed by atoms with Crippen LogP contribution in [0.1, 0.15) is 5.56 Å². The zero-order chi connectivity index (χ0) is 18.4. The summed E-state index contributed by atoms with van der Waals surface area (Å²) in [5.41, 5.74) is 1.58. The second-order valence-corrected chi connectivity index (χ2v) is 5.53. The van der Waals surface area contributed by atoms with Crippen LogP contribution in [0.25, 0.3) is 0 Å². The molecule has 130 valence electrons. The summed E-state index contributed by atoms with van der Waals surface area (Å²) in [6.07, 6.45) is 1.04. The molecule has 1 amide bonds. The van der Waals surface area contributed by atoms with Crippen molar-refractivity contribution in [1.29, 1.82) is 0 Å². The van der Waals surface area contributed by atoms with Crippen molar-refractivity contribution in [3.8, 4) is 11.5 Å². The van der Waals surface area contributed by atoms with Crippen molar-refractivity contribution in [2.45, 2.75) is 0 Å². The number of nitrogens with zero attached hydrogens (tertiary/aromatic N) is 2. The first-order valence-corrected chi connectivity index (χ1v) is 7.49. The summed E-state index contributed by atoms with van der Waals surface area (Å²) in [5.74, 6) is -0.723. The smallest absolute Gasteiger partial charge is 0.312 e. The first-order chi connectivity index (χ1) is 11.9. The Morgan fingerprint density at radius 3 is 2.60 bits per heavy atom. The Bertz CT molecular complexity index is 825. The van der Waals surface area contributed by atoms with Gasteiger partial charge in [0.05, 0.1) is 11.1 Å². The lowest BCUT2D eigenvalue weighted by atomic mass is 10.2. The number of nitrogens with one attached hydrogen (secondary N) is 1. The monoisotopic (exact) mass is 383 g/mol. The van der Waals surface area contributed by atoms with Gasteiger partial charge in [-0.3, -0.25) is 14.9 Å². The van der Waals surface area contributed by atoms with Crippen LogP contribution in [0.15, 0.2) is 41.5 Å². The number of phenols is 1. The number of hydrazone groups is 1. The second-order valence-electron chi connectivity index (χ2n) is 4.66. The number of phenolic OH excluding ortho intramolecular Hbond substituents is 1. The second kappa shape index (κ2) is 8.32. The molecule has 0 unspecified atom stereocenters. The van der Waals surface area contributed by atoms with Gasteiger partial charge in [0.25, 0.3) is 5.91 Å². The highest BCUT2D eigenvalue weighted by Gasteiger charge is 2.17. The number of carbonyl (C=O) groups excluding carboxylic acids is 1. The van der Waals surface area contributed by atoms with Gasteiger partial charge in [-0.1, -0.05) is 23.2 Å². The summed E-state index contributed by atoms with van der Waals surface area (Å²) in [5, 5.41) is 24.8. The lowest BCUT2D eigenvalue weighted by Gasteiger charge is -2.05. The quantitative estimate of drug-likeness (QED) is 0.451. The minimum atomic E-state index is -0.781. The van der Waals surface area contributed by atoms with Crippen LogP contribution in [-0.2, 0) is 4.79 Å². The Morgan fingerprint density at radius 1 is 1.28 bits per heavy atom. The maximum absolute atomic E-state index is 11.6. The number of hydrogen-bond donors (Lipinski definition) is 2. The molecule has 8 nitrogen and oxygen atoms in total. The highest BCUT2D eigenvalue weighted by atomic mass is 35.5. The maximum Gasteiger partial charge on any atom is 0.312 e. The summed E-state index contributed by atoms with van der Waals surface area (Å²) in [6, 6.07) is 8.70. The van der Waals surface area contributed by atoms with Crippen molar-refractivity contribution >= 4 is 41.0 Å². The number of amides is 1. The summed E-state index contributed by atoms with van der Waals surface area (Å²) < 4.78 is 5.21. The normalized spacial score (nSPS) is 10.6. The maximum atomic E-state index is 11.6. The Morgan fingerprint density at radius 2 is 1.96 bits per heavy atom. The molecular formula is C15H11Cl2N3O5. The van der Waals surface area contributed by atoms with Crippen LogP contribution >= 0.6 is 23.2 Å². The third-order valence-corrected chi connectivity index (χ3v) is 3.33. The van der Waals surface area contributed by atoms with Crippen LogP contribution in [-0.4, -0.2) is 28.8 Å². The zero-order valence-corrected chi connectivity index (χ0v) is 14.0. The van der Waals surface area contributed by atoms with E-state index in [9.17, 15) is 20.0 Å². The summed E-state index contributed by atoms with van der Waals surface area (Å²) in [4.78, 5) is 21.6. The number of ether oxygens (including phenoxy) is 1. The van der Waals surface area contributed by atoms with Crippen LogP contribution in [0, 0.1) is 10.1 Å². The Hall–Kier alpha value is -2.84. The third-order valence-electron chi connectivity index (χ3n) is 2.86. The molecule has 10 heteroatoms. The molecule has 0 radical (unpaired) electrons. The fourth-order valence-electron chi connectivity index (χ4n) is 1.73. The van der Waals surface area contributed by atoms with E-state index in [0.717, 1.165) is 12.3 Å². The number of nitro groups is 1. The van der Waals surface area contributed by atoms with Gasteiger partial charge in [0.1, 0.15) is 5.75 Å². The molecule has 0 aliphatic rings. The molecule has 0 heterocycles. The largest absolute Gasteiger partial charge is 0.502 e. The number of nitro benzene ring substituents is 1. The molecule has 0 saturated carbocycles. The number of carbonyl (C=O) groups is 1. The minimum Gasteiger partial charge on any atom is -0.502 e. The van der Waals surface area contributed by atoms with Gasteiger partial charge >= 0.3 is 5.69 Å². The molecule has 0 aliphatic carbocycles. The van der Waals surface area contributed by atoms with E-state index < -0.39 is 22.3 Å². The van der Waals surface area contributed by atoms with Crippen molar-refractivity contribution in [3.05, 3.63) is 62.1 Å². The van der Waals surface area contributed by atoms with Gasteiger partial charge in [-0.05, 0) is 30.3 Å². The van der Waals surface area contributed by atoms with E-state index in [0.29, 0.717) is 10.8 Å². The first kappa shape index (κ1) is 18.5. The van der Waals surface area contributed by atoms with Gasteiger partial charge in [-0.25, -0.2) is 5.43 Å². The minimum absolute atomic E-state index is 0.0156. The zero-order valence-electron chi connectivity index (χ0n) is 12.5. The molecule has 2 aromatic rings. The average molecular weight is 384 g/mol. The van der Waals surface area contributed by atoms with Gasteiger partial charge < -0.3 is 9.84 Å². The number of hydrogen-bond acceptors (Lipinski definition) is 6. The average Bonchev–Trinajstić information content (AvgIpc) is 2.57. The molecule has 0 fully saturated rings. The van der Waals surface area contributed by atoms with Crippen LogP contribution in [0.3, 0.4) is 0 Å². The van der Waals surface area contributed by atoms with Crippen molar-refractivity contribution in [2.24, 2.45) is 5.10 Å². The van der Waals surface area contributed by atoms with E-state index in [-0.39, 0.29) is 17.2 Å². The van der Waals surface area contributed by atoms with Crippen LogP contribution in [0.4, 0.5) is 5.69 Å². The van der Waals surface area contributed by atoms with Crippen molar-refractivity contribution < 1.29 is 19.6 Å². The molecule has 0 saturated heterocycles. The molecule has 2 rings (SSSR count). The summed E-state index contributed by atoms with van der Waals surface area (Å²) in [7, 11) is 0. The number of benzene rings is 2. The molecule has 0 aromatic heterocycles. The third kappa shape index (κ3) is 5.33. The number of aromatic hydroxyl groups is 1. The Balaban J connectivity index is 1.95. The standard InChI is InChI=1S/C15H11Cl2N3O5/c16-10-1-3-12(4-2-10)25-8-14(21)19-18-7-9-5-11(17)6-13(15(9)22)20(23)24/h1-7,22H,8H2,(H,19,21). The van der Waals surface area contributed by atoms with E-state index in [1.807, 2.05) is 0 Å². The van der Waals surface area contributed by atoms with Crippen LogP contribution in [0.2, 0.25) is 10.0 Å². The molecule has 0 bridgehead atoms. The van der Waals surface area contributed by atoms with Gasteiger partial charge in [0.2, 0.25) is 5.75 Å². The van der Waals surface area contributed by atoms with Gasteiger partial charge in [-0.2, -0.15) is 5.10 Å². The summed E-state index contributed by atoms with van der Waals surface area (Å²) in [6.45, 7) is -0.305. The van der Waals surface area contributed by atoms with Crippen LogP contribution < -0.4 is 10.2 Å². The Kier molecular flexibility index (Phi) is 6.15. The van der Waals surface area contributed by atoms with Gasteiger partial charge in [-0.15, -0.1) is 0 Å². The fourth-order valence-corrected chi connectivity index (χ4v) is 2.08. The SMILES string of the molecule is O=C(COc1ccc(Cl)cc1)NN=Cc1cc(Cl)cc([N+](=O)[O-])c1O. The van der Waals surface area contributed by atoms with Gasteiger partial charge in [0, 0.05) is 21.7 Å². The first-order valence-electron chi connectivity index (χ1n) is 6.74. The van der Waals surface area contributed by atoms with E-state index in [2.05, 4.69) is 10.5 Å². The number of rotatable bonds is 6. The molecule has 25 heavy (non-hydrogen) atoms. The lowest BCUT2D eigenvalue weighted by Crippen LogP contribution is -2.24. The molecular weight excluding hydrogens is 373 g/mol. The van der Waals surface area contributed by atoms with Crippen LogP contribution in [0.5, 0.6) is 11.5 Å². The predicted octanol–water partition coefficient (Wildman–Crippen LogP) is 3.14.